The number of hydrogen-bond acceptors (Lipinski definition) is 4. The summed E-state index contributed by atoms with van der Waals surface area (Å²) < 4.78 is 39.8. The van der Waals surface area contributed by atoms with E-state index in [1.807, 2.05) is 24.3 Å². The SMILES string of the molecule is CCSc1ccccc1NC(=O)C1CCN(S(=O)(=O)Cc2ccc(F)cc2)CC1. The summed E-state index contributed by atoms with van der Waals surface area (Å²) in [5.41, 5.74) is 1.35. The second-order valence-electron chi connectivity index (χ2n) is 6.97. The number of amides is 1. The Morgan fingerprint density at radius 2 is 1.79 bits per heavy atom. The average Bonchev–Trinajstić information content (AvgIpc) is 2.71. The smallest absolute Gasteiger partial charge is 0.227 e. The van der Waals surface area contributed by atoms with Crippen LogP contribution in [0.1, 0.15) is 25.3 Å². The number of anilines is 1. The number of thioether (sulfide) groups is 1. The number of nitrogens with one attached hydrogen (secondary N) is 1. The average molecular weight is 437 g/mol. The van der Waals surface area contributed by atoms with Crippen LogP contribution in [0, 0.1) is 11.7 Å². The van der Waals surface area contributed by atoms with Crippen LogP contribution < -0.4 is 5.32 Å². The first-order valence-electron chi connectivity index (χ1n) is 9.64. The predicted molar refractivity (Wildman–Crippen MR) is 115 cm³/mol. The molecule has 8 heteroatoms. The third kappa shape index (κ3) is 5.81. The summed E-state index contributed by atoms with van der Waals surface area (Å²) in [7, 11) is -3.50. The topological polar surface area (TPSA) is 66.5 Å². The maximum Gasteiger partial charge on any atom is 0.227 e. The summed E-state index contributed by atoms with van der Waals surface area (Å²) in [6.45, 7) is 2.69. The zero-order valence-corrected chi connectivity index (χ0v) is 17.9. The van der Waals surface area contributed by atoms with Gasteiger partial charge in [0.2, 0.25) is 15.9 Å². The summed E-state index contributed by atoms with van der Waals surface area (Å²) in [5, 5.41) is 3.00. The molecule has 1 N–H and O–H groups in total. The van der Waals surface area contributed by atoms with Crippen molar-refractivity contribution in [3.63, 3.8) is 0 Å². The standard InChI is InChI=1S/C21H25FN2O3S2/c1-2-28-20-6-4-3-5-19(20)23-21(25)17-11-13-24(14-12-17)29(26,27)15-16-7-9-18(22)10-8-16/h3-10,17H,2,11-15H2,1H3,(H,23,25). The number of nitrogens with zero attached hydrogens (tertiary/aromatic N) is 1. The van der Waals surface area contributed by atoms with Crippen LogP contribution >= 0.6 is 11.8 Å². The number of piperidine rings is 1. The normalized spacial score (nSPS) is 15.9. The van der Waals surface area contributed by atoms with Gasteiger partial charge in [0.15, 0.2) is 0 Å². The van der Waals surface area contributed by atoms with E-state index in [9.17, 15) is 17.6 Å². The molecule has 0 atom stereocenters. The van der Waals surface area contributed by atoms with Gasteiger partial charge in [-0.1, -0.05) is 31.2 Å². The van der Waals surface area contributed by atoms with Crippen LogP contribution in [-0.2, 0) is 20.6 Å². The molecule has 2 aromatic rings. The van der Waals surface area contributed by atoms with Gasteiger partial charge in [0, 0.05) is 23.9 Å². The number of para-hydroxylation sites is 1. The molecule has 0 bridgehead atoms. The summed E-state index contributed by atoms with van der Waals surface area (Å²) in [4.78, 5) is 13.7. The Bertz CT molecular complexity index is 941. The Labute approximate surface area is 175 Å². The van der Waals surface area contributed by atoms with E-state index < -0.39 is 15.8 Å². The van der Waals surface area contributed by atoms with E-state index in [0.29, 0.717) is 31.5 Å². The second-order valence-corrected chi connectivity index (χ2v) is 10.2. The van der Waals surface area contributed by atoms with Gasteiger partial charge in [-0.25, -0.2) is 17.1 Å². The van der Waals surface area contributed by atoms with Gasteiger partial charge in [-0.05, 0) is 48.4 Å². The molecule has 1 heterocycles. The molecule has 5 nitrogen and oxygen atoms in total. The summed E-state index contributed by atoms with van der Waals surface area (Å²) >= 11 is 1.67. The largest absolute Gasteiger partial charge is 0.325 e. The number of carbonyl (C=O) groups is 1. The van der Waals surface area contributed by atoms with Crippen molar-refractivity contribution in [2.75, 3.05) is 24.2 Å². The van der Waals surface area contributed by atoms with Crippen molar-refractivity contribution in [2.45, 2.75) is 30.4 Å². The summed E-state index contributed by atoms with van der Waals surface area (Å²) in [6.07, 6.45) is 0.967. The maximum atomic E-state index is 13.0. The second kappa shape index (κ2) is 9.73. The van der Waals surface area contributed by atoms with Gasteiger partial charge < -0.3 is 5.32 Å². The molecule has 0 spiro atoms. The zero-order chi connectivity index (χ0) is 20.9. The minimum absolute atomic E-state index is 0.0651. The molecular weight excluding hydrogens is 411 g/mol. The fraction of sp³-hybridized carbons (Fsp3) is 0.381. The fourth-order valence-electron chi connectivity index (χ4n) is 3.36. The number of sulfonamides is 1. The number of benzene rings is 2. The molecule has 1 aliphatic heterocycles. The highest BCUT2D eigenvalue weighted by atomic mass is 32.2. The zero-order valence-electron chi connectivity index (χ0n) is 16.3. The molecule has 1 fully saturated rings. The third-order valence-electron chi connectivity index (χ3n) is 4.93. The van der Waals surface area contributed by atoms with E-state index in [0.717, 1.165) is 16.3 Å². The van der Waals surface area contributed by atoms with Crippen molar-refractivity contribution in [3.05, 3.63) is 59.9 Å². The first kappa shape index (κ1) is 21.8. The molecule has 0 aliphatic carbocycles. The fourth-order valence-corrected chi connectivity index (χ4v) is 5.69. The highest BCUT2D eigenvalue weighted by molar-refractivity contribution is 7.99. The van der Waals surface area contributed by atoms with Crippen molar-refractivity contribution in [2.24, 2.45) is 5.92 Å². The monoisotopic (exact) mass is 436 g/mol. The molecule has 3 rings (SSSR count). The number of halogens is 1. The molecule has 1 amide bonds. The lowest BCUT2D eigenvalue weighted by atomic mass is 9.97. The van der Waals surface area contributed by atoms with E-state index in [4.69, 9.17) is 0 Å². The Morgan fingerprint density at radius 1 is 1.14 bits per heavy atom. The first-order chi connectivity index (χ1) is 13.9. The summed E-state index contributed by atoms with van der Waals surface area (Å²) in [5.74, 6) is 0.0803. The van der Waals surface area contributed by atoms with E-state index in [1.165, 1.54) is 28.6 Å². The van der Waals surface area contributed by atoms with Crippen molar-refractivity contribution in [1.29, 1.82) is 0 Å². The number of rotatable bonds is 7. The van der Waals surface area contributed by atoms with Crippen molar-refractivity contribution in [3.8, 4) is 0 Å². The summed E-state index contributed by atoms with van der Waals surface area (Å²) in [6, 6.07) is 13.2. The first-order valence-corrected chi connectivity index (χ1v) is 12.2. The minimum Gasteiger partial charge on any atom is -0.325 e. The maximum absolute atomic E-state index is 13.0. The molecule has 0 saturated carbocycles. The number of hydrogen-bond donors (Lipinski definition) is 1. The van der Waals surface area contributed by atoms with E-state index >= 15 is 0 Å². The molecule has 1 saturated heterocycles. The van der Waals surface area contributed by atoms with Crippen LogP contribution in [-0.4, -0.2) is 37.5 Å². The molecule has 29 heavy (non-hydrogen) atoms. The predicted octanol–water partition coefficient (Wildman–Crippen LogP) is 4.12. The van der Waals surface area contributed by atoms with Crippen LogP contribution in [0.3, 0.4) is 0 Å². The van der Waals surface area contributed by atoms with Crippen molar-refractivity contribution >= 4 is 33.4 Å². The van der Waals surface area contributed by atoms with Crippen LogP contribution in [0.15, 0.2) is 53.4 Å². The molecule has 0 radical (unpaired) electrons. The molecular formula is C21H25FN2O3S2. The molecule has 1 aliphatic rings. The number of carbonyl (C=O) groups excluding carboxylic acids is 1. The Kier molecular flexibility index (Phi) is 7.32. The van der Waals surface area contributed by atoms with Crippen LogP contribution in [0.4, 0.5) is 10.1 Å². The van der Waals surface area contributed by atoms with Gasteiger partial charge in [-0.3, -0.25) is 4.79 Å². The van der Waals surface area contributed by atoms with E-state index in [1.54, 1.807) is 11.8 Å². The Hall–Kier alpha value is -1.90. The van der Waals surface area contributed by atoms with Gasteiger partial charge in [-0.2, -0.15) is 0 Å². The highest BCUT2D eigenvalue weighted by Gasteiger charge is 2.31. The molecule has 0 unspecified atom stereocenters. The van der Waals surface area contributed by atoms with Crippen LogP contribution in [0.2, 0.25) is 0 Å². The lowest BCUT2D eigenvalue weighted by Crippen LogP contribution is -2.41. The van der Waals surface area contributed by atoms with E-state index in [2.05, 4.69) is 12.2 Å². The Morgan fingerprint density at radius 3 is 2.45 bits per heavy atom. The van der Waals surface area contributed by atoms with Gasteiger partial charge in [0.1, 0.15) is 5.82 Å². The highest BCUT2D eigenvalue weighted by Crippen LogP contribution is 2.28. The molecule has 156 valence electrons. The molecule has 0 aromatic heterocycles. The van der Waals surface area contributed by atoms with Gasteiger partial charge in [0.05, 0.1) is 11.4 Å². The lowest BCUT2D eigenvalue weighted by molar-refractivity contribution is -0.120. The van der Waals surface area contributed by atoms with Crippen molar-refractivity contribution < 1.29 is 17.6 Å². The minimum atomic E-state index is -3.50. The van der Waals surface area contributed by atoms with Gasteiger partial charge in [0.25, 0.3) is 0 Å². The quantitative estimate of drug-likeness (QED) is 0.663. The Balaban J connectivity index is 1.57. The lowest BCUT2D eigenvalue weighted by Gasteiger charge is -2.30. The van der Waals surface area contributed by atoms with E-state index in [-0.39, 0.29) is 17.6 Å². The third-order valence-corrected chi connectivity index (χ3v) is 7.73. The van der Waals surface area contributed by atoms with Crippen LogP contribution in [0.25, 0.3) is 0 Å². The van der Waals surface area contributed by atoms with Crippen LogP contribution in [0.5, 0.6) is 0 Å². The van der Waals surface area contributed by atoms with Gasteiger partial charge in [-0.15, -0.1) is 11.8 Å². The van der Waals surface area contributed by atoms with Crippen molar-refractivity contribution in [1.82, 2.24) is 4.31 Å². The molecule has 2 aromatic carbocycles. The van der Waals surface area contributed by atoms with Gasteiger partial charge >= 0.3 is 0 Å².